The molecule has 29 heavy (non-hydrogen) atoms. The van der Waals surface area contributed by atoms with Gasteiger partial charge in [-0.15, -0.1) is 0 Å². The third kappa shape index (κ3) is 2.99. The largest absolute Gasteiger partial charge is 0.295 e. The lowest BCUT2D eigenvalue weighted by Crippen LogP contribution is -2.28. The number of benzene rings is 3. The highest BCUT2D eigenvalue weighted by molar-refractivity contribution is 5.96. The zero-order chi connectivity index (χ0) is 19.8. The Labute approximate surface area is 169 Å². The highest BCUT2D eigenvalue weighted by Crippen LogP contribution is 2.27. The molecule has 5 rings (SSSR count). The highest BCUT2D eigenvalue weighted by Gasteiger charge is 2.21. The molecule has 3 aromatic carbocycles. The molecule has 2 aromatic heterocycles. The first-order chi connectivity index (χ1) is 14.2. The van der Waals surface area contributed by atoms with Crippen molar-refractivity contribution in [2.45, 2.75) is 6.92 Å². The molecular weight excluding hydrogens is 354 g/mol. The van der Waals surface area contributed by atoms with Crippen molar-refractivity contribution >= 4 is 22.1 Å². The second kappa shape index (κ2) is 6.99. The van der Waals surface area contributed by atoms with E-state index in [4.69, 9.17) is 0 Å². The van der Waals surface area contributed by atoms with E-state index in [1.807, 2.05) is 30.3 Å². The van der Waals surface area contributed by atoms with Crippen LogP contribution < -0.4 is 4.40 Å². The molecule has 0 fully saturated rings. The Morgan fingerprint density at radius 2 is 1.34 bits per heavy atom. The molecule has 0 radical (unpaired) electrons. The molecule has 0 saturated heterocycles. The van der Waals surface area contributed by atoms with Crippen molar-refractivity contribution in [3.8, 4) is 22.5 Å². The molecule has 0 aliphatic rings. The minimum Gasteiger partial charge on any atom is -0.295 e. The Morgan fingerprint density at radius 3 is 2.10 bits per heavy atom. The zero-order valence-electron chi connectivity index (χ0n) is 16.2. The summed E-state index contributed by atoms with van der Waals surface area (Å²) in [6.45, 7) is 1.60. The number of nitrogens with zero attached hydrogens (tertiary/aromatic N) is 1. The van der Waals surface area contributed by atoms with Crippen molar-refractivity contribution in [2.75, 3.05) is 0 Å². The monoisotopic (exact) mass is 374 g/mol. The lowest BCUT2D eigenvalue weighted by Gasteiger charge is -2.08. The molecule has 0 saturated carbocycles. The normalized spacial score (nSPS) is 11.1. The summed E-state index contributed by atoms with van der Waals surface area (Å²) in [5, 5.41) is 2.44. The van der Waals surface area contributed by atoms with Crippen molar-refractivity contribution in [1.29, 1.82) is 0 Å². The van der Waals surface area contributed by atoms with E-state index in [-0.39, 0.29) is 5.78 Å². The van der Waals surface area contributed by atoms with Gasteiger partial charge in [-0.2, -0.15) is 4.40 Å². The van der Waals surface area contributed by atoms with Crippen LogP contribution in [-0.2, 0) is 0 Å². The molecule has 0 amide bonds. The van der Waals surface area contributed by atoms with Gasteiger partial charge in [0.05, 0.1) is 5.39 Å². The van der Waals surface area contributed by atoms with E-state index < -0.39 is 0 Å². The molecule has 0 atom stereocenters. The fraction of sp³-hybridized carbons (Fsp3) is 0.0370. The first-order valence-corrected chi connectivity index (χ1v) is 9.76. The van der Waals surface area contributed by atoms with E-state index >= 15 is 0 Å². The number of Topliss-reactive ketones (excluding diaryl/α,β-unsaturated/α-hetero) is 1. The van der Waals surface area contributed by atoms with Gasteiger partial charge in [0.1, 0.15) is 0 Å². The van der Waals surface area contributed by atoms with Crippen molar-refractivity contribution < 1.29 is 9.20 Å². The molecule has 0 N–H and O–H groups in total. The zero-order valence-corrected chi connectivity index (χ0v) is 16.2. The number of hydrogen-bond donors (Lipinski definition) is 0. The van der Waals surface area contributed by atoms with E-state index in [2.05, 4.69) is 77.2 Å². The Bertz CT molecular complexity index is 1350. The summed E-state index contributed by atoms with van der Waals surface area (Å²) >= 11 is 0. The second-order valence-electron chi connectivity index (χ2n) is 7.25. The van der Waals surface area contributed by atoms with Crippen LogP contribution in [0, 0.1) is 0 Å². The number of carbonyl (C=O) groups is 1. The van der Waals surface area contributed by atoms with Crippen LogP contribution in [0.25, 0.3) is 38.8 Å². The van der Waals surface area contributed by atoms with Gasteiger partial charge in [-0.1, -0.05) is 48.5 Å². The molecule has 0 bridgehead atoms. The van der Waals surface area contributed by atoms with Gasteiger partial charge in [0.2, 0.25) is 16.9 Å². The number of hydrogen-bond acceptors (Lipinski definition) is 1. The summed E-state index contributed by atoms with van der Waals surface area (Å²) in [6.07, 6.45) is 0. The Balaban J connectivity index is 1.88. The van der Waals surface area contributed by atoms with Crippen LogP contribution in [-0.4, -0.2) is 5.78 Å². The minimum absolute atomic E-state index is 0.0816. The smallest absolute Gasteiger partial charge is 0.219 e. The molecule has 0 aliphatic heterocycles. The maximum atomic E-state index is 11.7. The molecular formula is C27H20NO+. The molecule has 5 aromatic rings. The predicted octanol–water partition coefficient (Wildman–Crippen LogP) is 6.12. The van der Waals surface area contributed by atoms with Gasteiger partial charge in [-0.3, -0.25) is 4.79 Å². The number of pyridine rings is 2. The second-order valence-corrected chi connectivity index (χ2v) is 7.25. The van der Waals surface area contributed by atoms with E-state index in [0.717, 1.165) is 28.0 Å². The van der Waals surface area contributed by atoms with Gasteiger partial charge in [0.15, 0.2) is 5.78 Å². The summed E-state index contributed by atoms with van der Waals surface area (Å²) < 4.78 is 2.32. The van der Waals surface area contributed by atoms with Gasteiger partial charge in [0, 0.05) is 34.9 Å². The number of ketones is 1. The van der Waals surface area contributed by atoms with E-state index in [1.165, 1.54) is 16.3 Å². The third-order valence-electron chi connectivity index (χ3n) is 5.42. The van der Waals surface area contributed by atoms with Crippen LogP contribution in [0.15, 0.2) is 103 Å². The quantitative estimate of drug-likeness (QED) is 0.212. The molecule has 2 nitrogen and oxygen atoms in total. The van der Waals surface area contributed by atoms with Gasteiger partial charge >= 0.3 is 0 Å². The highest BCUT2D eigenvalue weighted by atomic mass is 16.1. The first-order valence-electron chi connectivity index (χ1n) is 9.76. The van der Waals surface area contributed by atoms with Crippen LogP contribution >= 0.6 is 0 Å². The van der Waals surface area contributed by atoms with Crippen molar-refractivity contribution in [3.63, 3.8) is 0 Å². The summed E-state index contributed by atoms with van der Waals surface area (Å²) in [7, 11) is 0. The van der Waals surface area contributed by atoms with Gasteiger partial charge < -0.3 is 0 Å². The maximum absolute atomic E-state index is 11.7. The average molecular weight is 374 g/mol. The van der Waals surface area contributed by atoms with Gasteiger partial charge in [0.25, 0.3) is 0 Å². The van der Waals surface area contributed by atoms with E-state index in [0.29, 0.717) is 0 Å². The van der Waals surface area contributed by atoms with E-state index in [9.17, 15) is 4.79 Å². The molecule has 138 valence electrons. The van der Waals surface area contributed by atoms with E-state index in [1.54, 1.807) is 6.92 Å². The SMILES string of the molecule is CC(=O)c1ccc(-c2cccc3c4ccccc4cc(-c4ccccc4)[n+]23)cc1. The van der Waals surface area contributed by atoms with Crippen LogP contribution in [0.2, 0.25) is 0 Å². The summed E-state index contributed by atoms with van der Waals surface area (Å²) in [5.41, 5.74) is 6.38. The Hall–Kier alpha value is -3.78. The number of rotatable bonds is 3. The number of fused-ring (bicyclic) bond motifs is 3. The summed E-state index contributed by atoms with van der Waals surface area (Å²) in [6, 6.07) is 35.5. The van der Waals surface area contributed by atoms with Crippen molar-refractivity contribution in [1.82, 2.24) is 0 Å². The van der Waals surface area contributed by atoms with Crippen molar-refractivity contribution in [2.24, 2.45) is 0 Å². The standard InChI is InChI=1S/C27H20NO/c1-19(29)20-14-16-22(17-15-20)25-12-7-13-26-24-11-6-5-10-23(24)18-27(28(25)26)21-8-3-2-4-9-21/h2-18H,1H3/q+1. The van der Waals surface area contributed by atoms with Gasteiger partial charge in [-0.05, 0) is 48.7 Å². The maximum Gasteiger partial charge on any atom is 0.219 e. The van der Waals surface area contributed by atoms with Crippen LogP contribution in [0.1, 0.15) is 17.3 Å². The minimum atomic E-state index is 0.0816. The fourth-order valence-corrected chi connectivity index (χ4v) is 3.97. The lowest BCUT2D eigenvalue weighted by molar-refractivity contribution is -0.485. The molecule has 0 aliphatic carbocycles. The summed E-state index contributed by atoms with van der Waals surface area (Å²) in [5.74, 6) is 0.0816. The lowest BCUT2D eigenvalue weighted by atomic mass is 10.0. The molecule has 2 heterocycles. The fourth-order valence-electron chi connectivity index (χ4n) is 3.97. The summed E-state index contributed by atoms with van der Waals surface area (Å²) in [4.78, 5) is 11.7. The van der Waals surface area contributed by atoms with Crippen LogP contribution in [0.4, 0.5) is 0 Å². The molecule has 0 spiro atoms. The average Bonchev–Trinajstić information content (AvgIpc) is 2.79. The molecule has 0 unspecified atom stereocenters. The number of aromatic nitrogens is 1. The van der Waals surface area contributed by atoms with Crippen LogP contribution in [0.5, 0.6) is 0 Å². The number of carbonyl (C=O) groups excluding carboxylic acids is 1. The third-order valence-corrected chi connectivity index (χ3v) is 5.42. The van der Waals surface area contributed by atoms with Crippen molar-refractivity contribution in [3.05, 3.63) is 109 Å². The topological polar surface area (TPSA) is 21.2 Å². The van der Waals surface area contributed by atoms with Gasteiger partial charge in [-0.25, -0.2) is 0 Å². The first kappa shape index (κ1) is 17.3. The Kier molecular flexibility index (Phi) is 4.18. The predicted molar refractivity (Wildman–Crippen MR) is 118 cm³/mol. The van der Waals surface area contributed by atoms with Crippen LogP contribution in [0.3, 0.4) is 0 Å². The molecule has 2 heteroatoms. The Morgan fingerprint density at radius 1 is 0.655 bits per heavy atom.